The molecule has 1 aliphatic rings. The number of anilines is 1. The summed E-state index contributed by atoms with van der Waals surface area (Å²) in [6, 6.07) is 1.95. The van der Waals surface area contributed by atoms with Gasteiger partial charge in [0.25, 0.3) is 5.91 Å². The van der Waals surface area contributed by atoms with Gasteiger partial charge in [-0.05, 0) is 11.6 Å². The second-order valence-corrected chi connectivity index (χ2v) is 5.63. The Bertz CT molecular complexity index is 776. The molecule has 3 heterocycles. The maximum atomic E-state index is 12.5. The molecule has 0 saturated carbocycles. The summed E-state index contributed by atoms with van der Waals surface area (Å²) in [5.74, 6) is 0.590. The molecule has 8 nitrogen and oxygen atoms in total. The van der Waals surface area contributed by atoms with Crippen molar-refractivity contribution in [2.24, 2.45) is 7.05 Å². The largest absolute Gasteiger partial charge is 0.361 e. The molecule has 0 atom stereocenters. The zero-order valence-corrected chi connectivity index (χ0v) is 12.8. The summed E-state index contributed by atoms with van der Waals surface area (Å²) in [4.78, 5) is 30.1. The third kappa shape index (κ3) is 2.47. The van der Waals surface area contributed by atoms with Gasteiger partial charge < -0.3 is 19.4 Å². The predicted molar refractivity (Wildman–Crippen MR) is 80.8 cm³/mol. The lowest BCUT2D eigenvalue weighted by Crippen LogP contribution is -2.37. The van der Waals surface area contributed by atoms with E-state index in [0.29, 0.717) is 25.2 Å². The molecule has 116 valence electrons. The van der Waals surface area contributed by atoms with E-state index in [2.05, 4.69) is 15.2 Å². The molecule has 0 bridgehead atoms. The van der Waals surface area contributed by atoms with Crippen LogP contribution in [0.15, 0.2) is 17.1 Å². The molecule has 0 fully saturated rings. The van der Waals surface area contributed by atoms with E-state index in [9.17, 15) is 9.59 Å². The van der Waals surface area contributed by atoms with Crippen molar-refractivity contribution >= 4 is 11.7 Å². The first-order valence-corrected chi connectivity index (χ1v) is 7.03. The summed E-state index contributed by atoms with van der Waals surface area (Å²) < 4.78 is 1.36. The van der Waals surface area contributed by atoms with Crippen LogP contribution in [0.3, 0.4) is 0 Å². The monoisotopic (exact) mass is 302 g/mol. The topological polar surface area (TPSA) is 87.1 Å². The minimum absolute atomic E-state index is 0.174. The van der Waals surface area contributed by atoms with Gasteiger partial charge in [0.2, 0.25) is 0 Å². The molecular weight excluding hydrogens is 284 g/mol. The summed E-state index contributed by atoms with van der Waals surface area (Å²) in [6.45, 7) is 1.04. The molecule has 0 unspecified atom stereocenters. The van der Waals surface area contributed by atoms with E-state index in [4.69, 9.17) is 0 Å². The number of nitrogens with zero attached hydrogens (tertiary/aromatic N) is 5. The van der Waals surface area contributed by atoms with Gasteiger partial charge in [-0.2, -0.15) is 5.10 Å². The number of aromatic nitrogens is 4. The van der Waals surface area contributed by atoms with Crippen LogP contribution >= 0.6 is 0 Å². The third-order valence-electron chi connectivity index (χ3n) is 3.79. The second kappa shape index (κ2) is 5.28. The average molecular weight is 302 g/mol. The molecule has 0 aromatic carbocycles. The zero-order valence-electron chi connectivity index (χ0n) is 12.8. The van der Waals surface area contributed by atoms with Crippen molar-refractivity contribution < 1.29 is 4.79 Å². The van der Waals surface area contributed by atoms with Gasteiger partial charge in [0.1, 0.15) is 5.69 Å². The van der Waals surface area contributed by atoms with Crippen LogP contribution in [0.1, 0.15) is 21.7 Å². The van der Waals surface area contributed by atoms with E-state index in [0.717, 1.165) is 17.1 Å². The molecule has 1 amide bonds. The van der Waals surface area contributed by atoms with E-state index >= 15 is 0 Å². The van der Waals surface area contributed by atoms with E-state index in [1.165, 1.54) is 10.8 Å². The van der Waals surface area contributed by atoms with Gasteiger partial charge >= 0.3 is 5.69 Å². The third-order valence-corrected chi connectivity index (χ3v) is 3.79. The first-order valence-electron chi connectivity index (χ1n) is 7.03. The van der Waals surface area contributed by atoms with Crippen LogP contribution in [-0.4, -0.2) is 51.2 Å². The molecule has 0 radical (unpaired) electrons. The van der Waals surface area contributed by atoms with Crippen LogP contribution in [0.4, 0.5) is 5.82 Å². The van der Waals surface area contributed by atoms with Crippen LogP contribution < -0.4 is 10.6 Å². The van der Waals surface area contributed by atoms with Gasteiger partial charge in [-0.15, -0.1) is 5.10 Å². The molecule has 0 aliphatic carbocycles. The van der Waals surface area contributed by atoms with Crippen molar-refractivity contribution in [1.29, 1.82) is 0 Å². The van der Waals surface area contributed by atoms with Crippen LogP contribution in [0.5, 0.6) is 0 Å². The number of imidazole rings is 1. The van der Waals surface area contributed by atoms with E-state index in [1.54, 1.807) is 11.9 Å². The molecular formula is C14H18N6O2. The summed E-state index contributed by atoms with van der Waals surface area (Å²) in [7, 11) is 5.41. The molecule has 0 saturated heterocycles. The summed E-state index contributed by atoms with van der Waals surface area (Å²) in [5, 5.41) is 8.39. The molecule has 2 aromatic heterocycles. The summed E-state index contributed by atoms with van der Waals surface area (Å²) in [6.07, 6.45) is 2.19. The smallest absolute Gasteiger partial charge is 0.325 e. The highest BCUT2D eigenvalue weighted by molar-refractivity contribution is 5.92. The van der Waals surface area contributed by atoms with Gasteiger partial charge in [-0.25, -0.2) is 4.79 Å². The first kappa shape index (κ1) is 14.3. The molecule has 2 aromatic rings. The Balaban J connectivity index is 1.85. The van der Waals surface area contributed by atoms with Gasteiger partial charge in [0.05, 0.1) is 5.69 Å². The maximum Gasteiger partial charge on any atom is 0.325 e. The van der Waals surface area contributed by atoms with Crippen molar-refractivity contribution in [3.63, 3.8) is 0 Å². The Hall–Kier alpha value is -2.64. The number of rotatable bonds is 2. The standard InChI is InChI=1S/C14H18N6O2/c1-18(2)12-6-9-7-20(5-4-10(9)16-17-12)13(21)11-8-19(3)14(22)15-11/h6,8H,4-5,7H2,1-3H3,(H,15,22). The van der Waals surface area contributed by atoms with Crippen LogP contribution in [0, 0.1) is 0 Å². The van der Waals surface area contributed by atoms with E-state index in [1.807, 2.05) is 25.1 Å². The second-order valence-electron chi connectivity index (χ2n) is 5.63. The van der Waals surface area contributed by atoms with Crippen molar-refractivity contribution in [3.8, 4) is 0 Å². The predicted octanol–water partition coefficient (Wildman–Crippen LogP) is -0.232. The van der Waals surface area contributed by atoms with Crippen LogP contribution in [0.25, 0.3) is 0 Å². The van der Waals surface area contributed by atoms with Crippen LogP contribution in [0.2, 0.25) is 0 Å². The number of amides is 1. The number of H-pyrrole nitrogens is 1. The number of nitrogens with one attached hydrogen (secondary N) is 1. The molecule has 8 heteroatoms. The molecule has 1 aliphatic heterocycles. The minimum Gasteiger partial charge on any atom is -0.361 e. The Labute approximate surface area is 127 Å². The number of carbonyl (C=O) groups excluding carboxylic acids is 1. The number of hydrogen-bond donors (Lipinski definition) is 1. The lowest BCUT2D eigenvalue weighted by molar-refractivity contribution is 0.0727. The van der Waals surface area contributed by atoms with Crippen molar-refractivity contribution in [2.45, 2.75) is 13.0 Å². The average Bonchev–Trinajstić information content (AvgIpc) is 2.84. The Morgan fingerprint density at radius 2 is 2.14 bits per heavy atom. The fraction of sp³-hybridized carbons (Fsp3) is 0.429. The number of fused-ring (bicyclic) bond motifs is 1. The fourth-order valence-corrected chi connectivity index (χ4v) is 2.48. The van der Waals surface area contributed by atoms with Gasteiger partial charge in [0, 0.05) is 46.9 Å². The number of hydrogen-bond acceptors (Lipinski definition) is 5. The number of aryl methyl sites for hydroxylation is 1. The van der Waals surface area contributed by atoms with Gasteiger partial charge in [-0.3, -0.25) is 4.79 Å². The zero-order chi connectivity index (χ0) is 15.9. The van der Waals surface area contributed by atoms with Gasteiger partial charge in [-0.1, -0.05) is 0 Å². The van der Waals surface area contributed by atoms with Crippen molar-refractivity contribution in [1.82, 2.24) is 24.6 Å². The fourth-order valence-electron chi connectivity index (χ4n) is 2.48. The lowest BCUT2D eigenvalue weighted by Gasteiger charge is -2.28. The quantitative estimate of drug-likeness (QED) is 0.828. The molecule has 0 spiro atoms. The normalized spacial score (nSPS) is 13.9. The van der Waals surface area contributed by atoms with Crippen molar-refractivity contribution in [3.05, 3.63) is 39.7 Å². The highest BCUT2D eigenvalue weighted by Crippen LogP contribution is 2.20. The minimum atomic E-state index is -0.290. The molecule has 1 N–H and O–H groups in total. The lowest BCUT2D eigenvalue weighted by atomic mass is 10.1. The highest BCUT2D eigenvalue weighted by atomic mass is 16.2. The molecule has 22 heavy (non-hydrogen) atoms. The van der Waals surface area contributed by atoms with Crippen LogP contribution in [-0.2, 0) is 20.0 Å². The Morgan fingerprint density at radius 3 is 2.77 bits per heavy atom. The summed E-state index contributed by atoms with van der Waals surface area (Å²) in [5.41, 5.74) is 1.94. The van der Waals surface area contributed by atoms with Crippen molar-refractivity contribution in [2.75, 3.05) is 25.5 Å². The maximum absolute atomic E-state index is 12.5. The van der Waals surface area contributed by atoms with E-state index in [-0.39, 0.29) is 11.6 Å². The van der Waals surface area contributed by atoms with Gasteiger partial charge in [0.15, 0.2) is 5.82 Å². The Kier molecular flexibility index (Phi) is 3.44. The summed E-state index contributed by atoms with van der Waals surface area (Å²) >= 11 is 0. The number of carbonyl (C=O) groups is 1. The highest BCUT2D eigenvalue weighted by Gasteiger charge is 2.24. The Morgan fingerprint density at radius 1 is 1.36 bits per heavy atom. The van der Waals surface area contributed by atoms with E-state index < -0.39 is 0 Å². The number of aromatic amines is 1. The molecule has 3 rings (SSSR count). The SMILES string of the molecule is CN(C)c1cc2c(nn1)CCN(C(=O)c1cn(C)c(=O)[nH]1)C2. The first-order chi connectivity index (χ1) is 10.5.